The Kier molecular flexibility index (Phi) is 2.01. The van der Waals surface area contributed by atoms with Crippen LogP contribution in [0.3, 0.4) is 0 Å². The molecule has 0 radical (unpaired) electrons. The molecule has 0 aromatic rings. The van der Waals surface area contributed by atoms with Gasteiger partial charge in [0.05, 0.1) is 5.25 Å². The summed E-state index contributed by atoms with van der Waals surface area (Å²) in [6, 6.07) is 0.368. The molecule has 4 heteroatoms. The molecule has 3 nitrogen and oxygen atoms in total. The Bertz CT molecular complexity index is 204. The van der Waals surface area contributed by atoms with Crippen molar-refractivity contribution in [2.75, 3.05) is 0 Å². The third kappa shape index (κ3) is 1.95. The summed E-state index contributed by atoms with van der Waals surface area (Å²) in [6.45, 7) is 3.62. The lowest BCUT2D eigenvalue weighted by molar-refractivity contribution is 0.653. The summed E-state index contributed by atoms with van der Waals surface area (Å²) in [6.07, 6.45) is 2.17. The average molecular weight is 162 g/mol. The van der Waals surface area contributed by atoms with Crippen LogP contribution in [-0.2, 0) is 9.92 Å². The van der Waals surface area contributed by atoms with Crippen molar-refractivity contribution in [1.29, 1.82) is 4.78 Å². The zero-order valence-electron chi connectivity index (χ0n) is 6.39. The minimum absolute atomic E-state index is 0.0758. The summed E-state index contributed by atoms with van der Waals surface area (Å²) in [5.74, 6) is 0. The molecule has 60 valence electrons. The van der Waals surface area contributed by atoms with E-state index in [1.807, 2.05) is 13.8 Å². The van der Waals surface area contributed by atoms with E-state index in [0.717, 1.165) is 12.8 Å². The molecule has 1 aliphatic carbocycles. The van der Waals surface area contributed by atoms with Gasteiger partial charge in [-0.2, -0.15) is 0 Å². The average Bonchev–Trinajstić information content (AvgIpc) is 2.48. The second kappa shape index (κ2) is 2.51. The molecular formula is C6H14N2OS. The Morgan fingerprint density at radius 2 is 2.10 bits per heavy atom. The lowest BCUT2D eigenvalue weighted by Crippen LogP contribution is -2.31. The van der Waals surface area contributed by atoms with Gasteiger partial charge in [0.1, 0.15) is 9.92 Å². The Hall–Kier alpha value is -0.0900. The lowest BCUT2D eigenvalue weighted by atomic mass is 10.6. The van der Waals surface area contributed by atoms with E-state index in [0.29, 0.717) is 6.04 Å². The van der Waals surface area contributed by atoms with Crippen molar-refractivity contribution in [3.05, 3.63) is 0 Å². The van der Waals surface area contributed by atoms with Gasteiger partial charge in [-0.3, -0.25) is 0 Å². The molecule has 0 aromatic carbocycles. The third-order valence-corrected chi connectivity index (χ3v) is 3.59. The van der Waals surface area contributed by atoms with E-state index < -0.39 is 9.92 Å². The lowest BCUT2D eigenvalue weighted by Gasteiger charge is -2.10. The van der Waals surface area contributed by atoms with Crippen molar-refractivity contribution in [2.24, 2.45) is 0 Å². The Balaban J connectivity index is 2.50. The molecule has 0 saturated heterocycles. The molecule has 10 heavy (non-hydrogen) atoms. The first-order valence-electron chi connectivity index (χ1n) is 3.57. The van der Waals surface area contributed by atoms with Crippen LogP contribution in [0.2, 0.25) is 0 Å². The molecule has 1 aliphatic rings. The molecular weight excluding hydrogens is 148 g/mol. The molecule has 2 N–H and O–H groups in total. The predicted octanol–water partition coefficient (Wildman–Crippen LogP) is 1.11. The van der Waals surface area contributed by atoms with Gasteiger partial charge in [0.15, 0.2) is 0 Å². The van der Waals surface area contributed by atoms with E-state index in [9.17, 15) is 4.21 Å². The van der Waals surface area contributed by atoms with E-state index in [-0.39, 0.29) is 5.25 Å². The van der Waals surface area contributed by atoms with Crippen LogP contribution in [0.25, 0.3) is 0 Å². The van der Waals surface area contributed by atoms with Gasteiger partial charge >= 0.3 is 0 Å². The topological polar surface area (TPSA) is 53.0 Å². The minimum Gasteiger partial charge on any atom is -0.240 e. The molecule has 1 unspecified atom stereocenters. The fourth-order valence-corrected chi connectivity index (χ4v) is 1.59. The van der Waals surface area contributed by atoms with Crippen molar-refractivity contribution in [3.63, 3.8) is 0 Å². The normalized spacial score (nSPS) is 24.7. The summed E-state index contributed by atoms with van der Waals surface area (Å²) in [4.78, 5) is 0. The van der Waals surface area contributed by atoms with Gasteiger partial charge < -0.3 is 0 Å². The van der Waals surface area contributed by atoms with Gasteiger partial charge in [0.2, 0.25) is 0 Å². The smallest absolute Gasteiger partial charge is 0.107 e. The molecule has 1 atom stereocenters. The first-order valence-corrected chi connectivity index (χ1v) is 5.19. The summed E-state index contributed by atoms with van der Waals surface area (Å²) in [7, 11) is -2.48. The molecule has 1 fully saturated rings. The number of rotatable bonds is 3. The van der Waals surface area contributed by atoms with Crippen LogP contribution in [0.1, 0.15) is 26.7 Å². The van der Waals surface area contributed by atoms with Gasteiger partial charge in [-0.15, -0.1) is 0 Å². The maximum Gasteiger partial charge on any atom is 0.107 e. The molecule has 0 aliphatic heterocycles. The summed E-state index contributed by atoms with van der Waals surface area (Å²) in [5.41, 5.74) is 0. The number of nitrogens with one attached hydrogen (secondary N) is 2. The Morgan fingerprint density at radius 3 is 2.40 bits per heavy atom. The fourth-order valence-electron chi connectivity index (χ4n) is 0.585. The Labute approximate surface area is 62.3 Å². The van der Waals surface area contributed by atoms with Gasteiger partial charge in [0.25, 0.3) is 0 Å². The molecule has 0 aromatic heterocycles. The van der Waals surface area contributed by atoms with E-state index >= 15 is 0 Å². The fraction of sp³-hybridized carbons (Fsp3) is 1.00. The van der Waals surface area contributed by atoms with Crippen molar-refractivity contribution < 1.29 is 4.21 Å². The molecule has 1 rings (SSSR count). The zero-order valence-corrected chi connectivity index (χ0v) is 7.20. The maximum absolute atomic E-state index is 11.3. The van der Waals surface area contributed by atoms with Crippen LogP contribution in [0, 0.1) is 4.78 Å². The molecule has 1 saturated carbocycles. The second-order valence-electron chi connectivity index (χ2n) is 3.04. The SMILES string of the molecule is CC(C)S(=N)(=O)NC1CC1. The van der Waals surface area contributed by atoms with E-state index in [4.69, 9.17) is 4.78 Å². The van der Waals surface area contributed by atoms with E-state index in [1.54, 1.807) is 0 Å². The highest BCUT2D eigenvalue weighted by atomic mass is 32.2. The minimum atomic E-state index is -2.48. The monoisotopic (exact) mass is 162 g/mol. The van der Waals surface area contributed by atoms with Crippen LogP contribution in [0.15, 0.2) is 0 Å². The van der Waals surface area contributed by atoms with Crippen molar-refractivity contribution in [2.45, 2.75) is 38.0 Å². The van der Waals surface area contributed by atoms with Gasteiger partial charge in [-0.05, 0) is 26.7 Å². The van der Waals surface area contributed by atoms with Crippen molar-refractivity contribution in [1.82, 2.24) is 4.72 Å². The van der Waals surface area contributed by atoms with E-state index in [1.165, 1.54) is 0 Å². The maximum atomic E-state index is 11.3. The van der Waals surface area contributed by atoms with Crippen LogP contribution in [-0.4, -0.2) is 15.5 Å². The van der Waals surface area contributed by atoms with Crippen molar-refractivity contribution >= 4 is 9.92 Å². The quantitative estimate of drug-likeness (QED) is 0.641. The summed E-state index contributed by atoms with van der Waals surface area (Å²) < 4.78 is 21.5. The van der Waals surface area contributed by atoms with Crippen LogP contribution in [0.5, 0.6) is 0 Å². The Morgan fingerprint density at radius 1 is 1.60 bits per heavy atom. The first kappa shape index (κ1) is 8.01. The second-order valence-corrected chi connectivity index (χ2v) is 5.42. The van der Waals surface area contributed by atoms with E-state index in [2.05, 4.69) is 4.72 Å². The highest BCUT2D eigenvalue weighted by Crippen LogP contribution is 2.20. The first-order chi connectivity index (χ1) is 4.52. The molecule has 0 amide bonds. The van der Waals surface area contributed by atoms with Crippen LogP contribution < -0.4 is 4.72 Å². The molecule has 0 spiro atoms. The van der Waals surface area contributed by atoms with Crippen LogP contribution >= 0.6 is 0 Å². The molecule has 0 bridgehead atoms. The number of hydrogen-bond acceptors (Lipinski definition) is 2. The van der Waals surface area contributed by atoms with Crippen molar-refractivity contribution in [3.8, 4) is 0 Å². The highest BCUT2D eigenvalue weighted by molar-refractivity contribution is 7.91. The highest BCUT2D eigenvalue weighted by Gasteiger charge is 2.26. The zero-order chi connectivity index (χ0) is 7.78. The molecule has 0 heterocycles. The standard InChI is InChI=1S/C6H14N2OS/c1-5(2)10(7,9)8-6-3-4-6/h5-6H,3-4H2,1-2H3,(H2,7,8,9). The predicted molar refractivity (Wildman–Crippen MR) is 42.2 cm³/mol. The van der Waals surface area contributed by atoms with Gasteiger partial charge in [-0.25, -0.2) is 13.7 Å². The third-order valence-electron chi connectivity index (χ3n) is 1.58. The number of hydrogen-bond donors (Lipinski definition) is 2. The van der Waals surface area contributed by atoms with Gasteiger partial charge in [0, 0.05) is 6.04 Å². The largest absolute Gasteiger partial charge is 0.240 e. The summed E-state index contributed by atoms with van der Waals surface area (Å²) >= 11 is 0. The van der Waals surface area contributed by atoms with Crippen LogP contribution in [0.4, 0.5) is 0 Å². The summed E-state index contributed by atoms with van der Waals surface area (Å²) in [5, 5.41) is -0.0758. The van der Waals surface area contributed by atoms with Gasteiger partial charge in [-0.1, -0.05) is 0 Å².